The molecule has 0 unspecified atom stereocenters. The molecule has 0 spiro atoms. The maximum atomic E-state index is 12.6. The Morgan fingerprint density at radius 3 is 2.64 bits per heavy atom. The molecule has 28 heavy (non-hydrogen) atoms. The summed E-state index contributed by atoms with van der Waals surface area (Å²) >= 11 is 0. The maximum Gasteiger partial charge on any atom is 0.262 e. The first kappa shape index (κ1) is 19.4. The molecule has 2 amide bonds. The fraction of sp³-hybridized carbons (Fsp3) is 0.286. The molecule has 0 saturated carbocycles. The van der Waals surface area contributed by atoms with E-state index in [1.807, 2.05) is 26.0 Å². The topological polar surface area (TPSA) is 89.0 Å². The van der Waals surface area contributed by atoms with Gasteiger partial charge in [0, 0.05) is 5.56 Å². The zero-order valence-corrected chi connectivity index (χ0v) is 15.8. The quantitative estimate of drug-likeness (QED) is 0.570. The molecule has 146 valence electrons. The van der Waals surface area contributed by atoms with Gasteiger partial charge in [0.2, 0.25) is 6.79 Å². The van der Waals surface area contributed by atoms with Gasteiger partial charge in [-0.15, -0.1) is 0 Å². The summed E-state index contributed by atoms with van der Waals surface area (Å²) in [6.07, 6.45) is 2.26. The lowest BCUT2D eigenvalue weighted by Gasteiger charge is -2.22. The van der Waals surface area contributed by atoms with Gasteiger partial charge in [-0.1, -0.05) is 38.5 Å². The summed E-state index contributed by atoms with van der Waals surface area (Å²) in [6.45, 7) is 4.08. The van der Waals surface area contributed by atoms with Crippen molar-refractivity contribution in [3.8, 4) is 11.5 Å². The van der Waals surface area contributed by atoms with E-state index < -0.39 is 6.04 Å². The third kappa shape index (κ3) is 4.68. The van der Waals surface area contributed by atoms with E-state index in [9.17, 15) is 9.59 Å². The number of hydrogen-bond donors (Lipinski definition) is 2. The largest absolute Gasteiger partial charge is 0.454 e. The molecule has 0 saturated heterocycles. The first-order valence-corrected chi connectivity index (χ1v) is 9.17. The molecule has 7 heteroatoms. The van der Waals surface area contributed by atoms with Crippen molar-refractivity contribution in [2.24, 2.45) is 11.0 Å². The Labute approximate surface area is 163 Å². The van der Waals surface area contributed by atoms with E-state index >= 15 is 0 Å². The maximum absolute atomic E-state index is 12.6. The second-order valence-corrected chi connectivity index (χ2v) is 6.55. The predicted octanol–water partition coefficient (Wildman–Crippen LogP) is 2.71. The van der Waals surface area contributed by atoms with Crippen molar-refractivity contribution >= 4 is 18.0 Å². The summed E-state index contributed by atoms with van der Waals surface area (Å²) in [5.74, 6) is 0.620. The minimum Gasteiger partial charge on any atom is -0.454 e. The molecule has 2 aromatic rings. The molecule has 1 heterocycles. The molecular weight excluding hydrogens is 358 g/mol. The van der Waals surface area contributed by atoms with Crippen molar-refractivity contribution < 1.29 is 19.1 Å². The van der Waals surface area contributed by atoms with E-state index in [4.69, 9.17) is 9.47 Å². The van der Waals surface area contributed by atoms with Gasteiger partial charge in [0.1, 0.15) is 6.04 Å². The number of ether oxygens (including phenoxy) is 2. The number of nitrogens with zero attached hydrogens (tertiary/aromatic N) is 1. The number of fused-ring (bicyclic) bond motifs is 1. The summed E-state index contributed by atoms with van der Waals surface area (Å²) in [5.41, 5.74) is 3.78. The van der Waals surface area contributed by atoms with Crippen molar-refractivity contribution in [3.63, 3.8) is 0 Å². The summed E-state index contributed by atoms with van der Waals surface area (Å²) < 4.78 is 10.6. The highest BCUT2D eigenvalue weighted by molar-refractivity contribution is 5.97. The standard InChI is InChI=1S/C21H23N3O4/c1-3-14(2)19(23-20(25)16-7-5-4-6-8-16)21(26)24-22-12-15-9-10-17-18(11-15)28-13-27-17/h4-12,14,19H,3,13H2,1-2H3,(H,23,25)(H,24,26)/t14-,19+/m1/s1. The van der Waals surface area contributed by atoms with E-state index in [1.54, 1.807) is 36.4 Å². The number of amides is 2. The van der Waals surface area contributed by atoms with Gasteiger partial charge < -0.3 is 14.8 Å². The van der Waals surface area contributed by atoms with E-state index in [-0.39, 0.29) is 24.5 Å². The van der Waals surface area contributed by atoms with Crippen LogP contribution < -0.4 is 20.2 Å². The SMILES string of the molecule is CC[C@@H](C)[C@H](NC(=O)c1ccccc1)C(=O)NN=Cc1ccc2c(c1)OCO2. The van der Waals surface area contributed by atoms with Crippen LogP contribution >= 0.6 is 0 Å². The van der Waals surface area contributed by atoms with Crippen LogP contribution in [0.15, 0.2) is 53.6 Å². The van der Waals surface area contributed by atoms with Crippen molar-refractivity contribution in [2.75, 3.05) is 6.79 Å². The predicted molar refractivity (Wildman–Crippen MR) is 105 cm³/mol. The zero-order valence-electron chi connectivity index (χ0n) is 15.8. The van der Waals surface area contributed by atoms with Gasteiger partial charge in [-0.25, -0.2) is 5.43 Å². The Morgan fingerprint density at radius 1 is 1.14 bits per heavy atom. The van der Waals surface area contributed by atoms with Crippen LogP contribution in [-0.4, -0.2) is 30.9 Å². The van der Waals surface area contributed by atoms with Crippen LogP contribution in [0.4, 0.5) is 0 Å². The molecule has 0 bridgehead atoms. The lowest BCUT2D eigenvalue weighted by Crippen LogP contribution is -2.49. The molecule has 7 nitrogen and oxygen atoms in total. The number of rotatable bonds is 7. The van der Waals surface area contributed by atoms with Crippen LogP contribution in [-0.2, 0) is 4.79 Å². The monoisotopic (exact) mass is 381 g/mol. The first-order valence-electron chi connectivity index (χ1n) is 9.17. The minimum atomic E-state index is -0.688. The van der Waals surface area contributed by atoms with Crippen molar-refractivity contribution in [3.05, 3.63) is 59.7 Å². The smallest absolute Gasteiger partial charge is 0.262 e. The fourth-order valence-corrected chi connectivity index (χ4v) is 2.75. The molecule has 0 aliphatic carbocycles. The van der Waals surface area contributed by atoms with Crippen LogP contribution in [0.25, 0.3) is 0 Å². The Kier molecular flexibility index (Phi) is 6.26. The highest BCUT2D eigenvalue weighted by Gasteiger charge is 2.26. The van der Waals surface area contributed by atoms with E-state index in [2.05, 4.69) is 15.8 Å². The summed E-state index contributed by atoms with van der Waals surface area (Å²) in [4.78, 5) is 25.0. The zero-order chi connectivity index (χ0) is 19.9. The van der Waals surface area contributed by atoms with E-state index in [1.165, 1.54) is 6.21 Å². The molecule has 1 aliphatic rings. The third-order valence-electron chi connectivity index (χ3n) is 4.60. The molecule has 0 fully saturated rings. The second kappa shape index (κ2) is 9.03. The molecule has 2 aromatic carbocycles. The Morgan fingerprint density at radius 2 is 1.89 bits per heavy atom. The number of carbonyl (C=O) groups is 2. The van der Waals surface area contributed by atoms with Gasteiger partial charge in [-0.3, -0.25) is 9.59 Å². The Bertz CT molecular complexity index is 867. The fourth-order valence-electron chi connectivity index (χ4n) is 2.75. The van der Waals surface area contributed by atoms with Crippen LogP contribution in [0.1, 0.15) is 36.2 Å². The summed E-state index contributed by atoms with van der Waals surface area (Å²) in [6, 6.07) is 13.5. The highest BCUT2D eigenvalue weighted by atomic mass is 16.7. The van der Waals surface area contributed by atoms with E-state index in [0.29, 0.717) is 17.1 Å². The number of hydrazone groups is 1. The lowest BCUT2D eigenvalue weighted by atomic mass is 9.98. The normalized spacial score (nSPS) is 14.5. The third-order valence-corrected chi connectivity index (χ3v) is 4.60. The summed E-state index contributed by atoms with van der Waals surface area (Å²) in [5, 5.41) is 6.82. The van der Waals surface area contributed by atoms with Gasteiger partial charge >= 0.3 is 0 Å². The van der Waals surface area contributed by atoms with Crippen molar-refractivity contribution in [1.29, 1.82) is 0 Å². The highest BCUT2D eigenvalue weighted by Crippen LogP contribution is 2.31. The Hall–Kier alpha value is -3.35. The molecule has 0 radical (unpaired) electrons. The molecule has 2 N–H and O–H groups in total. The number of nitrogens with one attached hydrogen (secondary N) is 2. The molecule has 3 rings (SSSR count). The lowest BCUT2D eigenvalue weighted by molar-refractivity contribution is -0.124. The van der Waals surface area contributed by atoms with Gasteiger partial charge in [-0.05, 0) is 41.8 Å². The average Bonchev–Trinajstić information content (AvgIpc) is 3.19. The van der Waals surface area contributed by atoms with Crippen molar-refractivity contribution in [1.82, 2.24) is 10.7 Å². The number of benzene rings is 2. The van der Waals surface area contributed by atoms with Crippen LogP contribution in [0.2, 0.25) is 0 Å². The Balaban J connectivity index is 1.63. The average molecular weight is 381 g/mol. The molecule has 0 aromatic heterocycles. The van der Waals surface area contributed by atoms with Crippen LogP contribution in [0.5, 0.6) is 11.5 Å². The second-order valence-electron chi connectivity index (χ2n) is 6.55. The minimum absolute atomic E-state index is 0.0478. The van der Waals surface area contributed by atoms with Gasteiger partial charge in [0.05, 0.1) is 6.21 Å². The van der Waals surface area contributed by atoms with E-state index in [0.717, 1.165) is 12.0 Å². The molecule has 2 atom stereocenters. The number of carbonyl (C=O) groups excluding carboxylic acids is 2. The molecule has 1 aliphatic heterocycles. The van der Waals surface area contributed by atoms with Crippen LogP contribution in [0, 0.1) is 5.92 Å². The summed E-state index contributed by atoms with van der Waals surface area (Å²) in [7, 11) is 0. The van der Waals surface area contributed by atoms with Gasteiger partial charge in [0.15, 0.2) is 11.5 Å². The molecular formula is C21H23N3O4. The number of hydrogen-bond acceptors (Lipinski definition) is 5. The first-order chi connectivity index (χ1) is 13.6. The van der Waals surface area contributed by atoms with Gasteiger partial charge in [0.25, 0.3) is 11.8 Å². The van der Waals surface area contributed by atoms with Crippen molar-refractivity contribution in [2.45, 2.75) is 26.3 Å². The van der Waals surface area contributed by atoms with Gasteiger partial charge in [-0.2, -0.15) is 5.10 Å². The van der Waals surface area contributed by atoms with Crippen LogP contribution in [0.3, 0.4) is 0 Å².